The van der Waals surface area contributed by atoms with Crippen molar-refractivity contribution in [1.29, 1.82) is 0 Å². The van der Waals surface area contributed by atoms with E-state index in [1.54, 1.807) is 60.7 Å². The van der Waals surface area contributed by atoms with Crippen LogP contribution in [0.15, 0.2) is 80.8 Å². The maximum atomic E-state index is 12.3. The van der Waals surface area contributed by atoms with Gasteiger partial charge in [0, 0.05) is 8.95 Å². The predicted molar refractivity (Wildman–Crippen MR) is 119 cm³/mol. The highest BCUT2D eigenvalue weighted by Crippen LogP contribution is 2.28. The smallest absolute Gasteiger partial charge is 0.343 e. The van der Waals surface area contributed by atoms with E-state index in [2.05, 4.69) is 42.4 Å². The molecule has 3 aromatic carbocycles. The lowest BCUT2D eigenvalue weighted by atomic mass is 10.2. The van der Waals surface area contributed by atoms with Gasteiger partial charge in [-0.25, -0.2) is 10.2 Å². The van der Waals surface area contributed by atoms with E-state index in [-0.39, 0.29) is 0 Å². The van der Waals surface area contributed by atoms with Crippen molar-refractivity contribution >= 4 is 55.6 Å². The minimum atomic E-state index is -0.436. The monoisotopic (exact) mass is 515 g/mol. The molecule has 0 aromatic heterocycles. The first-order valence-corrected chi connectivity index (χ1v) is 9.98. The molecular weight excluding hydrogens is 502 g/mol. The second-order valence-corrected chi connectivity index (χ2v) is 7.64. The molecule has 0 bridgehead atoms. The predicted octanol–water partition coefficient (Wildman–Crippen LogP) is 4.78. The van der Waals surface area contributed by atoms with Gasteiger partial charge in [-0.05, 0) is 70.0 Å². The molecule has 0 fully saturated rings. The number of nitrogen functional groups attached to an aromatic ring is 1. The van der Waals surface area contributed by atoms with Gasteiger partial charge in [-0.1, -0.05) is 34.1 Å². The number of rotatable bonds is 5. The lowest BCUT2D eigenvalue weighted by Gasteiger charge is -2.07. The molecule has 0 unspecified atom stereocenters. The van der Waals surface area contributed by atoms with Gasteiger partial charge in [0.05, 0.1) is 23.0 Å². The number of amides is 1. The lowest BCUT2D eigenvalue weighted by molar-refractivity contribution is 0.0734. The molecule has 146 valence electrons. The van der Waals surface area contributed by atoms with Crippen molar-refractivity contribution in [2.24, 2.45) is 5.10 Å². The van der Waals surface area contributed by atoms with E-state index >= 15 is 0 Å². The number of hydrazone groups is 1. The summed E-state index contributed by atoms with van der Waals surface area (Å²) in [5.74, 6) is -0.460. The summed E-state index contributed by atoms with van der Waals surface area (Å²) >= 11 is 6.62. The third-order valence-electron chi connectivity index (χ3n) is 3.82. The molecule has 0 saturated heterocycles. The molecule has 0 aliphatic heterocycles. The number of nitrogens with zero attached hydrogens (tertiary/aromatic N) is 1. The highest BCUT2D eigenvalue weighted by Gasteiger charge is 2.12. The van der Waals surface area contributed by atoms with Crippen molar-refractivity contribution in [3.8, 4) is 5.75 Å². The molecule has 0 aliphatic rings. The van der Waals surface area contributed by atoms with Crippen LogP contribution in [0.25, 0.3) is 0 Å². The number of carbonyl (C=O) groups excluding carboxylic acids is 2. The molecule has 0 spiro atoms. The van der Waals surface area contributed by atoms with Crippen LogP contribution in [-0.4, -0.2) is 18.1 Å². The van der Waals surface area contributed by atoms with E-state index < -0.39 is 11.9 Å². The van der Waals surface area contributed by atoms with E-state index in [0.717, 1.165) is 0 Å². The Morgan fingerprint density at radius 1 is 1.00 bits per heavy atom. The maximum absolute atomic E-state index is 12.3. The van der Waals surface area contributed by atoms with Crippen LogP contribution in [-0.2, 0) is 0 Å². The van der Waals surface area contributed by atoms with Gasteiger partial charge >= 0.3 is 5.97 Å². The normalized spacial score (nSPS) is 10.7. The number of halogens is 2. The minimum Gasteiger partial charge on any atom is -0.423 e. The Morgan fingerprint density at radius 2 is 1.69 bits per heavy atom. The summed E-state index contributed by atoms with van der Waals surface area (Å²) < 4.78 is 6.64. The van der Waals surface area contributed by atoms with Gasteiger partial charge < -0.3 is 10.5 Å². The lowest BCUT2D eigenvalue weighted by Crippen LogP contribution is -2.19. The number of nitrogens with two attached hydrogens (primary N) is 1. The van der Waals surface area contributed by atoms with Crippen LogP contribution < -0.4 is 15.9 Å². The van der Waals surface area contributed by atoms with Gasteiger partial charge in [0.1, 0.15) is 5.75 Å². The summed E-state index contributed by atoms with van der Waals surface area (Å²) in [4.78, 5) is 24.3. The van der Waals surface area contributed by atoms with E-state index in [4.69, 9.17) is 10.5 Å². The zero-order valence-corrected chi connectivity index (χ0v) is 18.1. The molecule has 8 heteroatoms. The third-order valence-corrected chi connectivity index (χ3v) is 4.93. The average Bonchev–Trinajstić information content (AvgIpc) is 2.72. The van der Waals surface area contributed by atoms with E-state index in [9.17, 15) is 9.59 Å². The molecule has 29 heavy (non-hydrogen) atoms. The molecule has 0 heterocycles. The van der Waals surface area contributed by atoms with Crippen LogP contribution in [0.4, 0.5) is 5.69 Å². The van der Waals surface area contributed by atoms with Crippen molar-refractivity contribution in [3.05, 3.63) is 92.4 Å². The third kappa shape index (κ3) is 5.52. The summed E-state index contributed by atoms with van der Waals surface area (Å²) in [6, 6.07) is 18.8. The largest absolute Gasteiger partial charge is 0.423 e. The number of hydrogen-bond acceptors (Lipinski definition) is 5. The molecule has 0 atom stereocenters. The molecule has 0 aliphatic carbocycles. The first-order valence-electron chi connectivity index (χ1n) is 8.39. The highest BCUT2D eigenvalue weighted by molar-refractivity contribution is 9.11. The van der Waals surface area contributed by atoms with Crippen molar-refractivity contribution in [3.63, 3.8) is 0 Å². The topological polar surface area (TPSA) is 93.8 Å². The van der Waals surface area contributed by atoms with Crippen molar-refractivity contribution < 1.29 is 14.3 Å². The highest BCUT2D eigenvalue weighted by atomic mass is 79.9. The van der Waals surface area contributed by atoms with Gasteiger partial charge in [0.2, 0.25) is 0 Å². The summed E-state index contributed by atoms with van der Waals surface area (Å²) in [6.45, 7) is 0. The Hall–Kier alpha value is -2.97. The zero-order valence-electron chi connectivity index (χ0n) is 14.9. The van der Waals surface area contributed by atoms with Crippen LogP contribution in [0, 0.1) is 0 Å². The fourth-order valence-electron chi connectivity index (χ4n) is 2.36. The molecule has 1 amide bonds. The molecule has 3 aromatic rings. The molecule has 6 nitrogen and oxygen atoms in total. The fourth-order valence-corrected chi connectivity index (χ4v) is 3.59. The number of benzene rings is 3. The SMILES string of the molecule is Nc1c(Br)cc(Br)cc1C(=O)N/N=C/c1ccc(OC(=O)c2ccccc2)cc1. The number of ether oxygens (including phenoxy) is 1. The first-order chi connectivity index (χ1) is 13.9. The Morgan fingerprint density at radius 3 is 2.38 bits per heavy atom. The summed E-state index contributed by atoms with van der Waals surface area (Å²) in [5, 5.41) is 3.94. The number of anilines is 1. The number of esters is 1. The standard InChI is InChI=1S/C21H15Br2N3O3/c22-15-10-17(19(24)18(23)11-15)20(27)26-25-12-13-6-8-16(9-7-13)29-21(28)14-4-2-1-3-5-14/h1-12H,24H2,(H,26,27)/b25-12+. The Balaban J connectivity index is 1.60. The van der Waals surface area contributed by atoms with Crippen molar-refractivity contribution in [2.75, 3.05) is 5.73 Å². The second kappa shape index (κ2) is 9.49. The van der Waals surface area contributed by atoms with Gasteiger partial charge in [0.25, 0.3) is 5.91 Å². The quantitative estimate of drug-likeness (QED) is 0.168. The Labute approximate surface area is 184 Å². The fraction of sp³-hybridized carbons (Fsp3) is 0. The molecular formula is C21H15Br2N3O3. The van der Waals surface area contributed by atoms with E-state index in [1.807, 2.05) is 6.07 Å². The van der Waals surface area contributed by atoms with E-state index in [0.29, 0.717) is 37.1 Å². The number of carbonyl (C=O) groups is 2. The van der Waals surface area contributed by atoms with Crippen LogP contribution in [0.5, 0.6) is 5.75 Å². The van der Waals surface area contributed by atoms with Gasteiger partial charge in [0.15, 0.2) is 0 Å². The summed E-state index contributed by atoms with van der Waals surface area (Å²) in [6.07, 6.45) is 1.48. The summed E-state index contributed by atoms with van der Waals surface area (Å²) in [5.41, 5.74) is 10.2. The number of nitrogens with one attached hydrogen (secondary N) is 1. The van der Waals surface area contributed by atoms with Crippen LogP contribution in [0.2, 0.25) is 0 Å². The average molecular weight is 517 g/mol. The van der Waals surface area contributed by atoms with Crippen molar-refractivity contribution in [2.45, 2.75) is 0 Å². The Bertz CT molecular complexity index is 1070. The molecule has 0 saturated carbocycles. The van der Waals surface area contributed by atoms with Gasteiger partial charge in [-0.15, -0.1) is 0 Å². The van der Waals surface area contributed by atoms with Crippen molar-refractivity contribution in [1.82, 2.24) is 5.43 Å². The summed E-state index contributed by atoms with van der Waals surface area (Å²) in [7, 11) is 0. The van der Waals surface area contributed by atoms with Gasteiger partial charge in [-0.3, -0.25) is 4.79 Å². The first kappa shape index (κ1) is 20.8. The van der Waals surface area contributed by atoms with Crippen LogP contribution >= 0.6 is 31.9 Å². The van der Waals surface area contributed by atoms with Gasteiger partial charge in [-0.2, -0.15) is 5.10 Å². The molecule has 3 rings (SSSR count). The van der Waals surface area contributed by atoms with Crippen LogP contribution in [0.3, 0.4) is 0 Å². The zero-order chi connectivity index (χ0) is 20.8. The number of hydrogen-bond donors (Lipinski definition) is 2. The Kier molecular flexibility index (Phi) is 6.79. The minimum absolute atomic E-state index is 0.298. The van der Waals surface area contributed by atoms with E-state index in [1.165, 1.54) is 6.21 Å². The van der Waals surface area contributed by atoms with Crippen LogP contribution in [0.1, 0.15) is 26.3 Å². The molecule has 3 N–H and O–H groups in total. The molecule has 0 radical (unpaired) electrons. The maximum Gasteiger partial charge on any atom is 0.343 e. The second-order valence-electron chi connectivity index (χ2n) is 5.87.